The van der Waals surface area contributed by atoms with E-state index in [1.165, 1.54) is 7.11 Å². The maximum absolute atomic E-state index is 13.1. The molecular formula is C27H30N6O4. The van der Waals surface area contributed by atoms with Crippen molar-refractivity contribution >= 4 is 11.9 Å². The van der Waals surface area contributed by atoms with Crippen LogP contribution in [0, 0.1) is 0 Å². The van der Waals surface area contributed by atoms with Crippen LogP contribution in [-0.4, -0.2) is 49.2 Å². The Balaban J connectivity index is 1.52. The number of aromatic amines is 1. The van der Waals surface area contributed by atoms with Gasteiger partial charge >= 0.3 is 11.9 Å². The van der Waals surface area contributed by atoms with Crippen LogP contribution in [0.3, 0.4) is 0 Å². The second kappa shape index (κ2) is 11.6. The normalized spacial score (nSPS) is 11.8. The fourth-order valence-corrected chi connectivity index (χ4v) is 4.36. The number of nitrogens with zero attached hydrogens (tertiary/aromatic N) is 5. The Bertz CT molecular complexity index is 1360. The van der Waals surface area contributed by atoms with Crippen molar-refractivity contribution in [1.82, 2.24) is 30.2 Å². The quantitative estimate of drug-likeness (QED) is 0.318. The molecule has 0 fully saturated rings. The zero-order valence-electron chi connectivity index (χ0n) is 21.4. The number of imidazole rings is 1. The average molecular weight is 503 g/mol. The first-order valence-electron chi connectivity index (χ1n) is 12.3. The van der Waals surface area contributed by atoms with Gasteiger partial charge in [0.15, 0.2) is 11.5 Å². The Morgan fingerprint density at radius 1 is 1.05 bits per heavy atom. The Hall–Kier alpha value is -4.34. The van der Waals surface area contributed by atoms with Gasteiger partial charge in [0.2, 0.25) is 0 Å². The summed E-state index contributed by atoms with van der Waals surface area (Å²) in [6.45, 7) is 5.79. The molecule has 192 valence electrons. The van der Waals surface area contributed by atoms with Crippen molar-refractivity contribution < 1.29 is 19.1 Å². The lowest BCUT2D eigenvalue weighted by Gasteiger charge is -2.17. The Kier molecular flexibility index (Phi) is 8.07. The average Bonchev–Trinajstić information content (AvgIpc) is 3.60. The summed E-state index contributed by atoms with van der Waals surface area (Å²) in [7, 11) is 1.35. The van der Waals surface area contributed by atoms with E-state index < -0.39 is 12.0 Å². The van der Waals surface area contributed by atoms with Crippen molar-refractivity contribution in [2.75, 3.05) is 7.11 Å². The standard InChI is InChI=1S/C27H30N6O4/c1-5-9-23-28-24(22(6-2)33(23)17(3)26(34)36-4)27(35)37-16-18-12-14-19(15-13-18)20-10-7-8-11-21(20)25-29-31-32-30-25/h7-8,10-15,17H,5-6,9,16H2,1-4H3,(H,29,30,31,32). The molecule has 0 saturated heterocycles. The lowest BCUT2D eigenvalue weighted by molar-refractivity contribution is -0.144. The van der Waals surface area contributed by atoms with E-state index in [0.29, 0.717) is 30.2 Å². The molecule has 1 atom stereocenters. The van der Waals surface area contributed by atoms with Crippen molar-refractivity contribution in [1.29, 1.82) is 0 Å². The highest BCUT2D eigenvalue weighted by Gasteiger charge is 2.28. The van der Waals surface area contributed by atoms with E-state index in [1.807, 2.05) is 66.9 Å². The van der Waals surface area contributed by atoms with Crippen molar-refractivity contribution in [3.8, 4) is 22.5 Å². The highest BCUT2D eigenvalue weighted by Crippen LogP contribution is 2.30. The van der Waals surface area contributed by atoms with E-state index >= 15 is 0 Å². The third-order valence-electron chi connectivity index (χ3n) is 6.18. The smallest absolute Gasteiger partial charge is 0.359 e. The van der Waals surface area contributed by atoms with Gasteiger partial charge in [0, 0.05) is 12.0 Å². The summed E-state index contributed by atoms with van der Waals surface area (Å²) in [6, 6.07) is 15.0. The van der Waals surface area contributed by atoms with Crippen LogP contribution < -0.4 is 0 Å². The largest absolute Gasteiger partial charge is 0.467 e. The molecule has 0 amide bonds. The molecule has 10 heteroatoms. The molecule has 0 aliphatic heterocycles. The maximum atomic E-state index is 13.1. The molecule has 0 bridgehead atoms. The number of esters is 2. The molecule has 4 aromatic rings. The molecule has 10 nitrogen and oxygen atoms in total. The van der Waals surface area contributed by atoms with Crippen LogP contribution in [0.15, 0.2) is 48.5 Å². The van der Waals surface area contributed by atoms with Gasteiger partial charge in [0.1, 0.15) is 18.5 Å². The van der Waals surface area contributed by atoms with Gasteiger partial charge in [-0.2, -0.15) is 0 Å². The Labute approximate surface area is 215 Å². The van der Waals surface area contributed by atoms with Gasteiger partial charge in [-0.25, -0.2) is 19.7 Å². The van der Waals surface area contributed by atoms with E-state index in [4.69, 9.17) is 9.47 Å². The lowest BCUT2D eigenvalue weighted by Crippen LogP contribution is -2.22. The van der Waals surface area contributed by atoms with Crippen molar-refractivity contribution in [2.24, 2.45) is 0 Å². The summed E-state index contributed by atoms with van der Waals surface area (Å²) >= 11 is 0. The molecule has 1 unspecified atom stereocenters. The fourth-order valence-electron chi connectivity index (χ4n) is 4.36. The molecule has 2 heterocycles. The number of benzene rings is 2. The molecular weight excluding hydrogens is 472 g/mol. The zero-order chi connectivity index (χ0) is 26.4. The van der Waals surface area contributed by atoms with Crippen molar-refractivity contribution in [3.63, 3.8) is 0 Å². The molecule has 0 spiro atoms. The topological polar surface area (TPSA) is 125 Å². The summed E-state index contributed by atoms with van der Waals surface area (Å²) in [5, 5.41) is 14.2. The van der Waals surface area contributed by atoms with E-state index in [0.717, 1.165) is 28.7 Å². The van der Waals surface area contributed by atoms with Crippen LogP contribution >= 0.6 is 0 Å². The molecule has 2 aromatic heterocycles. The summed E-state index contributed by atoms with van der Waals surface area (Å²) in [6.07, 6.45) is 1.98. The SMILES string of the molecule is CCCc1nc(C(=O)OCc2ccc(-c3ccccc3-c3nnn[nH]3)cc2)c(CC)n1C(C)C(=O)OC. The van der Waals surface area contributed by atoms with E-state index in [1.54, 1.807) is 6.92 Å². The van der Waals surface area contributed by atoms with E-state index in [2.05, 4.69) is 25.6 Å². The fraction of sp³-hybridized carbons (Fsp3) is 0.333. The molecule has 4 rings (SSSR count). The molecule has 0 radical (unpaired) electrons. The van der Waals surface area contributed by atoms with Crippen LogP contribution in [0.1, 0.15) is 60.8 Å². The summed E-state index contributed by atoms with van der Waals surface area (Å²) in [5.74, 6) is 0.362. The second-order valence-corrected chi connectivity index (χ2v) is 8.56. The highest BCUT2D eigenvalue weighted by molar-refractivity contribution is 5.89. The number of H-pyrrole nitrogens is 1. The van der Waals surface area contributed by atoms with E-state index in [9.17, 15) is 9.59 Å². The zero-order valence-corrected chi connectivity index (χ0v) is 21.4. The highest BCUT2D eigenvalue weighted by atomic mass is 16.5. The van der Waals surface area contributed by atoms with Crippen molar-refractivity contribution in [3.05, 3.63) is 71.3 Å². The number of nitrogens with one attached hydrogen (secondary N) is 1. The molecule has 0 aliphatic carbocycles. The molecule has 0 aliphatic rings. The van der Waals surface area contributed by atoms with Gasteiger partial charge in [0.25, 0.3) is 0 Å². The van der Waals surface area contributed by atoms with Crippen LogP contribution in [-0.2, 0) is 33.7 Å². The minimum atomic E-state index is -0.585. The van der Waals surface area contributed by atoms with Crippen LogP contribution in [0.5, 0.6) is 0 Å². The lowest BCUT2D eigenvalue weighted by atomic mass is 9.98. The first-order valence-corrected chi connectivity index (χ1v) is 12.3. The molecule has 0 saturated carbocycles. The Morgan fingerprint density at radius 2 is 1.78 bits per heavy atom. The van der Waals surface area contributed by atoms with Gasteiger partial charge in [-0.3, -0.25) is 0 Å². The van der Waals surface area contributed by atoms with Gasteiger partial charge in [-0.05, 0) is 46.9 Å². The number of carbonyl (C=O) groups excluding carboxylic acids is 2. The summed E-state index contributed by atoms with van der Waals surface area (Å²) in [5.41, 5.74) is 4.60. The molecule has 1 N–H and O–H groups in total. The Morgan fingerprint density at radius 3 is 2.41 bits per heavy atom. The number of aromatic nitrogens is 6. The van der Waals surface area contributed by atoms with Crippen LogP contribution in [0.2, 0.25) is 0 Å². The number of rotatable bonds is 10. The first kappa shape index (κ1) is 25.7. The third-order valence-corrected chi connectivity index (χ3v) is 6.18. The van der Waals surface area contributed by atoms with Gasteiger partial charge < -0.3 is 14.0 Å². The van der Waals surface area contributed by atoms with Crippen molar-refractivity contribution in [2.45, 2.75) is 52.7 Å². The monoisotopic (exact) mass is 502 g/mol. The van der Waals surface area contributed by atoms with Crippen LogP contribution in [0.4, 0.5) is 0 Å². The molecule has 2 aromatic carbocycles. The number of hydrogen-bond acceptors (Lipinski definition) is 8. The second-order valence-electron chi connectivity index (χ2n) is 8.56. The minimum Gasteiger partial charge on any atom is -0.467 e. The van der Waals surface area contributed by atoms with Gasteiger partial charge in [-0.15, -0.1) is 5.10 Å². The predicted octanol–water partition coefficient (Wildman–Crippen LogP) is 4.34. The van der Waals surface area contributed by atoms with Gasteiger partial charge in [-0.1, -0.05) is 62.4 Å². The first-order chi connectivity index (χ1) is 18.0. The number of hydrogen-bond donors (Lipinski definition) is 1. The van der Waals surface area contributed by atoms with Crippen LogP contribution in [0.25, 0.3) is 22.5 Å². The number of tetrazole rings is 1. The van der Waals surface area contributed by atoms with E-state index in [-0.39, 0.29) is 18.3 Å². The number of methoxy groups -OCH3 is 1. The summed E-state index contributed by atoms with van der Waals surface area (Å²) < 4.78 is 12.4. The summed E-state index contributed by atoms with van der Waals surface area (Å²) in [4.78, 5) is 29.9. The molecule has 37 heavy (non-hydrogen) atoms. The van der Waals surface area contributed by atoms with Gasteiger partial charge in [0.05, 0.1) is 12.8 Å². The number of aryl methyl sites for hydroxylation is 1. The minimum absolute atomic E-state index is 0.0957. The predicted molar refractivity (Wildman–Crippen MR) is 136 cm³/mol. The number of ether oxygens (including phenoxy) is 2. The third kappa shape index (κ3) is 5.42. The maximum Gasteiger partial charge on any atom is 0.359 e. The number of carbonyl (C=O) groups is 2.